The SMILES string of the molecule is CC(C)CC(NC(=O)C(CCC(=O)O)NC(=O)C(NC(=O)C1CCCN1)C(C)C)C(=O)O. The molecule has 0 saturated carbocycles. The lowest BCUT2D eigenvalue weighted by atomic mass is 10.0. The third-order valence-electron chi connectivity index (χ3n) is 5.23. The van der Waals surface area contributed by atoms with Crippen LogP contribution in [-0.2, 0) is 24.0 Å². The number of hydrogen-bond donors (Lipinski definition) is 6. The summed E-state index contributed by atoms with van der Waals surface area (Å²) in [4.78, 5) is 60.6. The van der Waals surface area contributed by atoms with Crippen molar-refractivity contribution in [2.75, 3.05) is 6.54 Å². The number of amides is 3. The first-order valence-electron chi connectivity index (χ1n) is 11.0. The molecular weight excluding hydrogens is 420 g/mol. The summed E-state index contributed by atoms with van der Waals surface area (Å²) in [6.07, 6.45) is 1.08. The number of aliphatic carboxylic acids is 2. The highest BCUT2D eigenvalue weighted by Crippen LogP contribution is 2.10. The lowest BCUT2D eigenvalue weighted by Crippen LogP contribution is -2.58. The Morgan fingerprint density at radius 1 is 0.938 bits per heavy atom. The summed E-state index contributed by atoms with van der Waals surface area (Å²) in [6, 6.07) is -3.74. The van der Waals surface area contributed by atoms with Gasteiger partial charge in [-0.3, -0.25) is 19.2 Å². The summed E-state index contributed by atoms with van der Waals surface area (Å²) in [5.41, 5.74) is 0. The minimum Gasteiger partial charge on any atom is -0.481 e. The highest BCUT2D eigenvalue weighted by atomic mass is 16.4. The highest BCUT2D eigenvalue weighted by Gasteiger charge is 2.33. The fourth-order valence-electron chi connectivity index (χ4n) is 3.46. The average Bonchev–Trinajstić information content (AvgIpc) is 3.22. The summed E-state index contributed by atoms with van der Waals surface area (Å²) >= 11 is 0. The van der Waals surface area contributed by atoms with Gasteiger partial charge in [-0.2, -0.15) is 0 Å². The highest BCUT2D eigenvalue weighted by molar-refractivity contribution is 5.94. The second kappa shape index (κ2) is 13.0. The van der Waals surface area contributed by atoms with Crippen LogP contribution >= 0.6 is 0 Å². The summed E-state index contributed by atoms with van der Waals surface area (Å²) in [6.45, 7) is 7.81. The monoisotopic (exact) mass is 456 g/mol. The van der Waals surface area contributed by atoms with Crippen LogP contribution in [0.25, 0.3) is 0 Å². The molecule has 0 aromatic heterocycles. The first-order chi connectivity index (χ1) is 14.9. The van der Waals surface area contributed by atoms with E-state index < -0.39 is 48.3 Å². The smallest absolute Gasteiger partial charge is 0.326 e. The zero-order valence-corrected chi connectivity index (χ0v) is 19.1. The Kier molecular flexibility index (Phi) is 11.1. The van der Waals surface area contributed by atoms with Gasteiger partial charge >= 0.3 is 11.9 Å². The number of carboxylic acid groups (broad SMARTS) is 2. The van der Waals surface area contributed by atoms with Gasteiger partial charge in [0.15, 0.2) is 0 Å². The van der Waals surface area contributed by atoms with Gasteiger partial charge in [0, 0.05) is 6.42 Å². The van der Waals surface area contributed by atoms with Crippen LogP contribution in [0.15, 0.2) is 0 Å². The molecule has 0 spiro atoms. The van der Waals surface area contributed by atoms with Crippen molar-refractivity contribution in [3.63, 3.8) is 0 Å². The topological polar surface area (TPSA) is 174 Å². The van der Waals surface area contributed by atoms with E-state index in [-0.39, 0.29) is 36.6 Å². The van der Waals surface area contributed by atoms with Gasteiger partial charge in [0.2, 0.25) is 17.7 Å². The molecular formula is C21H36N4O7. The van der Waals surface area contributed by atoms with E-state index in [2.05, 4.69) is 21.3 Å². The Morgan fingerprint density at radius 3 is 2.03 bits per heavy atom. The Hall–Kier alpha value is -2.69. The van der Waals surface area contributed by atoms with Crippen molar-refractivity contribution in [1.29, 1.82) is 0 Å². The van der Waals surface area contributed by atoms with Crippen molar-refractivity contribution in [2.24, 2.45) is 11.8 Å². The molecule has 4 unspecified atom stereocenters. The molecule has 182 valence electrons. The molecule has 0 aromatic rings. The molecule has 1 rings (SSSR count). The van der Waals surface area contributed by atoms with Crippen LogP contribution in [0, 0.1) is 11.8 Å². The minimum absolute atomic E-state index is 0.00630. The number of nitrogens with one attached hydrogen (secondary N) is 4. The maximum absolute atomic E-state index is 12.9. The van der Waals surface area contributed by atoms with Crippen molar-refractivity contribution in [2.45, 2.75) is 84.0 Å². The first kappa shape index (κ1) is 27.3. The lowest BCUT2D eigenvalue weighted by Gasteiger charge is -2.27. The maximum atomic E-state index is 12.9. The van der Waals surface area contributed by atoms with Crippen LogP contribution in [0.5, 0.6) is 0 Å². The fourth-order valence-corrected chi connectivity index (χ4v) is 3.46. The molecule has 0 bridgehead atoms. The molecule has 4 atom stereocenters. The van der Waals surface area contributed by atoms with Gasteiger partial charge in [-0.1, -0.05) is 27.7 Å². The number of hydrogen-bond acceptors (Lipinski definition) is 6. The minimum atomic E-state index is -1.25. The quantitative estimate of drug-likeness (QED) is 0.222. The molecule has 0 aromatic carbocycles. The molecule has 11 nitrogen and oxygen atoms in total. The van der Waals surface area contributed by atoms with Crippen LogP contribution in [-0.4, -0.2) is 70.6 Å². The van der Waals surface area contributed by atoms with Gasteiger partial charge < -0.3 is 31.5 Å². The second-order valence-electron chi connectivity index (χ2n) is 8.90. The van der Waals surface area contributed by atoms with E-state index in [1.165, 1.54) is 0 Å². The van der Waals surface area contributed by atoms with Crippen molar-refractivity contribution < 1.29 is 34.2 Å². The summed E-state index contributed by atoms with van der Waals surface area (Å²) < 4.78 is 0. The largest absolute Gasteiger partial charge is 0.481 e. The van der Waals surface area contributed by atoms with E-state index in [9.17, 15) is 29.1 Å². The van der Waals surface area contributed by atoms with Gasteiger partial charge in [0.1, 0.15) is 18.1 Å². The molecule has 1 heterocycles. The third kappa shape index (κ3) is 9.21. The molecule has 0 aliphatic carbocycles. The Bertz CT molecular complexity index is 690. The predicted molar refractivity (Wildman–Crippen MR) is 116 cm³/mol. The molecule has 1 saturated heterocycles. The van der Waals surface area contributed by atoms with Crippen LogP contribution in [0.2, 0.25) is 0 Å². The third-order valence-corrected chi connectivity index (χ3v) is 5.23. The standard InChI is InChI=1S/C21H36N4O7/c1-11(2)10-15(21(31)32)24-19(29)14(7-8-16(26)27)23-20(30)17(12(3)4)25-18(28)13-6-5-9-22-13/h11-15,17,22H,5-10H2,1-4H3,(H,23,30)(H,24,29)(H,25,28)(H,26,27)(H,31,32). The van der Waals surface area contributed by atoms with Gasteiger partial charge in [-0.05, 0) is 44.1 Å². The van der Waals surface area contributed by atoms with Gasteiger partial charge in [-0.25, -0.2) is 4.79 Å². The van der Waals surface area contributed by atoms with E-state index >= 15 is 0 Å². The molecule has 0 radical (unpaired) electrons. The van der Waals surface area contributed by atoms with Crippen molar-refractivity contribution >= 4 is 29.7 Å². The second-order valence-corrected chi connectivity index (χ2v) is 8.90. The first-order valence-corrected chi connectivity index (χ1v) is 11.0. The normalized spacial score (nSPS) is 18.6. The van der Waals surface area contributed by atoms with Crippen molar-refractivity contribution in [3.05, 3.63) is 0 Å². The molecule has 6 N–H and O–H groups in total. The molecule has 11 heteroatoms. The summed E-state index contributed by atoms with van der Waals surface area (Å²) in [5.74, 6) is -4.40. The van der Waals surface area contributed by atoms with Crippen LogP contribution in [0.4, 0.5) is 0 Å². The van der Waals surface area contributed by atoms with Crippen LogP contribution < -0.4 is 21.3 Å². The van der Waals surface area contributed by atoms with E-state index in [1.54, 1.807) is 27.7 Å². The lowest BCUT2D eigenvalue weighted by molar-refractivity contribution is -0.143. The summed E-state index contributed by atoms with van der Waals surface area (Å²) in [7, 11) is 0. The van der Waals surface area contributed by atoms with E-state index in [0.717, 1.165) is 13.0 Å². The zero-order valence-electron chi connectivity index (χ0n) is 19.1. The molecule has 3 amide bonds. The van der Waals surface area contributed by atoms with E-state index in [0.29, 0.717) is 6.42 Å². The number of rotatable bonds is 13. The number of carbonyl (C=O) groups is 5. The Balaban J connectivity index is 2.91. The van der Waals surface area contributed by atoms with Gasteiger partial charge in [0.05, 0.1) is 6.04 Å². The number of carbonyl (C=O) groups excluding carboxylic acids is 3. The molecule has 1 aliphatic rings. The van der Waals surface area contributed by atoms with Gasteiger partial charge in [0.25, 0.3) is 0 Å². The van der Waals surface area contributed by atoms with Crippen LogP contribution in [0.1, 0.15) is 59.8 Å². The summed E-state index contributed by atoms with van der Waals surface area (Å²) in [5, 5.41) is 29.0. The molecule has 1 aliphatic heterocycles. The number of carboxylic acids is 2. The fraction of sp³-hybridized carbons (Fsp3) is 0.762. The average molecular weight is 457 g/mol. The Morgan fingerprint density at radius 2 is 1.56 bits per heavy atom. The predicted octanol–water partition coefficient (Wildman–Crippen LogP) is -0.156. The maximum Gasteiger partial charge on any atom is 0.326 e. The van der Waals surface area contributed by atoms with Crippen molar-refractivity contribution in [3.8, 4) is 0 Å². The van der Waals surface area contributed by atoms with Crippen LogP contribution in [0.3, 0.4) is 0 Å². The molecule has 1 fully saturated rings. The zero-order chi connectivity index (χ0) is 24.4. The van der Waals surface area contributed by atoms with E-state index in [4.69, 9.17) is 5.11 Å². The van der Waals surface area contributed by atoms with Gasteiger partial charge in [-0.15, -0.1) is 0 Å². The molecule has 32 heavy (non-hydrogen) atoms. The Labute approximate surface area is 188 Å². The van der Waals surface area contributed by atoms with Crippen molar-refractivity contribution in [1.82, 2.24) is 21.3 Å². The van der Waals surface area contributed by atoms with E-state index in [1.807, 2.05) is 0 Å².